The molecule has 0 radical (unpaired) electrons. The molecule has 1 atom stereocenters. The summed E-state index contributed by atoms with van der Waals surface area (Å²) in [4.78, 5) is 29.8. The molecule has 0 aliphatic carbocycles. The molecular weight excluding hydrogens is 268 g/mol. The minimum atomic E-state index is -0.246. The zero-order valence-corrected chi connectivity index (χ0v) is 11.3. The van der Waals surface area contributed by atoms with Gasteiger partial charge in [-0.05, 0) is 24.4 Å². The van der Waals surface area contributed by atoms with Crippen molar-refractivity contribution < 1.29 is 4.79 Å². The van der Waals surface area contributed by atoms with Gasteiger partial charge in [0.2, 0.25) is 5.91 Å². The molecular formula is C12H10N2O2S2. The predicted octanol–water partition coefficient (Wildman–Crippen LogP) is 0.852. The van der Waals surface area contributed by atoms with Gasteiger partial charge >= 0.3 is 0 Å². The van der Waals surface area contributed by atoms with Gasteiger partial charge in [0.1, 0.15) is 0 Å². The molecule has 0 fully saturated rings. The first kappa shape index (κ1) is 11.6. The van der Waals surface area contributed by atoms with Crippen molar-refractivity contribution in [2.75, 3.05) is 0 Å². The highest BCUT2D eigenvalue weighted by Gasteiger charge is 2.20. The van der Waals surface area contributed by atoms with E-state index in [1.54, 1.807) is 11.3 Å². The van der Waals surface area contributed by atoms with E-state index in [0.29, 0.717) is 15.8 Å². The molecule has 0 saturated carbocycles. The van der Waals surface area contributed by atoms with Gasteiger partial charge in [-0.25, -0.2) is 4.57 Å². The molecule has 3 heterocycles. The third kappa shape index (κ3) is 1.87. The molecule has 3 rings (SSSR count). The van der Waals surface area contributed by atoms with Gasteiger partial charge < -0.3 is 0 Å². The lowest BCUT2D eigenvalue weighted by Gasteiger charge is -2.09. The molecule has 92 valence electrons. The van der Waals surface area contributed by atoms with Crippen molar-refractivity contribution in [3.05, 3.63) is 42.1 Å². The van der Waals surface area contributed by atoms with Crippen LogP contribution in [0.3, 0.4) is 0 Å². The SMILES string of the molecule is C[C@@H]1CC(=O)n2c(s/c(=C/c3cccs3)c2=O)=N1. The first-order valence-corrected chi connectivity index (χ1v) is 7.23. The van der Waals surface area contributed by atoms with E-state index < -0.39 is 0 Å². The fourth-order valence-corrected chi connectivity index (χ4v) is 3.66. The third-order valence-corrected chi connectivity index (χ3v) is 4.48. The zero-order chi connectivity index (χ0) is 12.7. The maximum Gasteiger partial charge on any atom is 0.277 e. The Labute approximate surface area is 111 Å². The highest BCUT2D eigenvalue weighted by Crippen LogP contribution is 2.08. The van der Waals surface area contributed by atoms with Gasteiger partial charge in [-0.15, -0.1) is 11.3 Å². The van der Waals surface area contributed by atoms with Crippen molar-refractivity contribution in [1.82, 2.24) is 4.57 Å². The van der Waals surface area contributed by atoms with Crippen LogP contribution in [0.25, 0.3) is 6.08 Å². The largest absolute Gasteiger partial charge is 0.277 e. The second-order valence-electron chi connectivity index (χ2n) is 4.13. The first-order chi connectivity index (χ1) is 8.65. The van der Waals surface area contributed by atoms with E-state index in [-0.39, 0.29) is 17.5 Å². The third-order valence-electron chi connectivity index (χ3n) is 2.67. The average molecular weight is 278 g/mol. The summed E-state index contributed by atoms with van der Waals surface area (Å²) in [5.41, 5.74) is -0.246. The standard InChI is InChI=1S/C12H10N2O2S2/c1-7-5-10(15)14-11(16)9(18-12(14)13-7)6-8-3-2-4-17-8/h2-4,6-7H,5H2,1H3/b9-6+/t7-/m1/s1. The number of nitrogens with zero attached hydrogens (tertiary/aromatic N) is 2. The molecule has 1 aliphatic heterocycles. The molecule has 0 aromatic carbocycles. The van der Waals surface area contributed by atoms with Crippen molar-refractivity contribution >= 4 is 34.7 Å². The summed E-state index contributed by atoms with van der Waals surface area (Å²) in [5, 5.41) is 1.95. The number of thiazole rings is 1. The quantitative estimate of drug-likeness (QED) is 0.776. The van der Waals surface area contributed by atoms with Gasteiger partial charge in [-0.2, -0.15) is 0 Å². The summed E-state index contributed by atoms with van der Waals surface area (Å²) in [7, 11) is 0. The van der Waals surface area contributed by atoms with Crippen LogP contribution in [0, 0.1) is 0 Å². The minimum Gasteiger partial charge on any atom is -0.274 e. The molecule has 0 amide bonds. The van der Waals surface area contributed by atoms with E-state index in [9.17, 15) is 9.59 Å². The van der Waals surface area contributed by atoms with Crippen LogP contribution in [0.2, 0.25) is 0 Å². The van der Waals surface area contributed by atoms with Crippen molar-refractivity contribution in [2.24, 2.45) is 4.99 Å². The highest BCUT2D eigenvalue weighted by atomic mass is 32.1. The van der Waals surface area contributed by atoms with Gasteiger partial charge in [0.05, 0.1) is 10.6 Å². The normalized spacial score (nSPS) is 19.7. The van der Waals surface area contributed by atoms with Crippen LogP contribution in [0.15, 0.2) is 27.3 Å². The number of aromatic nitrogens is 1. The monoisotopic (exact) mass is 278 g/mol. The Kier molecular flexibility index (Phi) is 2.76. The van der Waals surface area contributed by atoms with Gasteiger partial charge in [0.25, 0.3) is 5.56 Å². The van der Waals surface area contributed by atoms with Crippen LogP contribution in [-0.4, -0.2) is 16.5 Å². The van der Waals surface area contributed by atoms with Crippen molar-refractivity contribution in [3.63, 3.8) is 0 Å². The molecule has 0 N–H and O–H groups in total. The summed E-state index contributed by atoms with van der Waals surface area (Å²) in [6, 6.07) is 3.83. The highest BCUT2D eigenvalue weighted by molar-refractivity contribution is 7.11. The summed E-state index contributed by atoms with van der Waals surface area (Å²) in [6.07, 6.45) is 2.12. The van der Waals surface area contributed by atoms with Gasteiger partial charge in [-0.3, -0.25) is 14.6 Å². The van der Waals surface area contributed by atoms with Crippen LogP contribution < -0.4 is 14.9 Å². The maximum atomic E-state index is 12.1. The van der Waals surface area contributed by atoms with Crippen LogP contribution >= 0.6 is 22.7 Å². The minimum absolute atomic E-state index is 0.0369. The fraction of sp³-hybridized carbons (Fsp3) is 0.250. The van der Waals surface area contributed by atoms with Crippen LogP contribution in [0.5, 0.6) is 0 Å². The number of carbonyl (C=O) groups excluding carboxylic acids is 1. The van der Waals surface area contributed by atoms with Crippen molar-refractivity contribution in [2.45, 2.75) is 19.4 Å². The van der Waals surface area contributed by atoms with Crippen LogP contribution in [0.4, 0.5) is 0 Å². The number of fused-ring (bicyclic) bond motifs is 1. The predicted molar refractivity (Wildman–Crippen MR) is 72.0 cm³/mol. The van der Waals surface area contributed by atoms with E-state index in [1.807, 2.05) is 30.5 Å². The number of carbonyl (C=O) groups is 1. The summed E-state index contributed by atoms with van der Waals surface area (Å²) in [6.45, 7) is 1.88. The fourth-order valence-electron chi connectivity index (χ4n) is 1.86. The Morgan fingerprint density at radius 1 is 1.50 bits per heavy atom. The molecule has 2 aromatic heterocycles. The summed E-state index contributed by atoms with van der Waals surface area (Å²) < 4.78 is 1.77. The van der Waals surface area contributed by atoms with Gasteiger partial charge in [0, 0.05) is 11.3 Å². The first-order valence-electron chi connectivity index (χ1n) is 5.53. The molecule has 0 saturated heterocycles. The molecule has 0 unspecified atom stereocenters. The lowest BCUT2D eigenvalue weighted by Crippen LogP contribution is -2.40. The molecule has 6 heteroatoms. The average Bonchev–Trinajstić information content (AvgIpc) is 2.88. The topological polar surface area (TPSA) is 51.4 Å². The zero-order valence-electron chi connectivity index (χ0n) is 9.62. The Morgan fingerprint density at radius 3 is 3.06 bits per heavy atom. The Hall–Kier alpha value is -1.53. The summed E-state index contributed by atoms with van der Waals surface area (Å²) in [5.74, 6) is -0.153. The van der Waals surface area contributed by atoms with Crippen LogP contribution in [0.1, 0.15) is 23.0 Å². The maximum absolute atomic E-state index is 12.1. The van der Waals surface area contributed by atoms with Crippen LogP contribution in [-0.2, 0) is 0 Å². The molecule has 4 nitrogen and oxygen atoms in total. The number of thiophene rings is 1. The second-order valence-corrected chi connectivity index (χ2v) is 6.11. The Balaban J connectivity index is 2.28. The molecule has 1 aliphatic rings. The molecule has 2 aromatic rings. The van der Waals surface area contributed by atoms with E-state index in [4.69, 9.17) is 0 Å². The van der Waals surface area contributed by atoms with Gasteiger partial charge in [-0.1, -0.05) is 17.4 Å². The Bertz CT molecular complexity index is 768. The summed E-state index contributed by atoms with van der Waals surface area (Å²) >= 11 is 2.84. The lowest BCUT2D eigenvalue weighted by molar-refractivity contribution is 0.0877. The second kappa shape index (κ2) is 4.29. The molecule has 0 bridgehead atoms. The van der Waals surface area contributed by atoms with E-state index >= 15 is 0 Å². The Morgan fingerprint density at radius 2 is 2.33 bits per heavy atom. The van der Waals surface area contributed by atoms with E-state index in [1.165, 1.54) is 15.9 Å². The van der Waals surface area contributed by atoms with E-state index in [0.717, 1.165) is 4.88 Å². The van der Waals surface area contributed by atoms with Crippen molar-refractivity contribution in [1.29, 1.82) is 0 Å². The smallest absolute Gasteiger partial charge is 0.274 e. The van der Waals surface area contributed by atoms with Crippen molar-refractivity contribution in [3.8, 4) is 0 Å². The van der Waals surface area contributed by atoms with E-state index in [2.05, 4.69) is 4.99 Å². The molecule has 18 heavy (non-hydrogen) atoms. The van der Waals surface area contributed by atoms with Gasteiger partial charge in [0.15, 0.2) is 4.80 Å². The lowest BCUT2D eigenvalue weighted by atomic mass is 10.2. The molecule has 0 spiro atoms. The number of hydrogen-bond acceptors (Lipinski definition) is 5. The number of hydrogen-bond donors (Lipinski definition) is 0. The number of rotatable bonds is 1.